The van der Waals surface area contributed by atoms with Crippen molar-refractivity contribution < 1.29 is 0 Å². The van der Waals surface area contributed by atoms with Gasteiger partial charge in [0, 0.05) is 39.8 Å². The summed E-state index contributed by atoms with van der Waals surface area (Å²) in [6, 6.07) is 53.3. The Hall–Kier alpha value is -5.28. The summed E-state index contributed by atoms with van der Waals surface area (Å²) in [6.07, 6.45) is 0. The van der Waals surface area contributed by atoms with E-state index in [1.807, 2.05) is 12.1 Å². The summed E-state index contributed by atoms with van der Waals surface area (Å²) in [5.74, 6) is 0. The molecule has 0 heterocycles. The van der Waals surface area contributed by atoms with E-state index in [0.29, 0.717) is 0 Å². The Labute approximate surface area is 242 Å². The van der Waals surface area contributed by atoms with Crippen LogP contribution in [0, 0.1) is 13.8 Å². The van der Waals surface area contributed by atoms with Crippen molar-refractivity contribution in [1.29, 1.82) is 0 Å². The maximum atomic E-state index is 5.99. The van der Waals surface area contributed by atoms with Gasteiger partial charge in [-0.1, -0.05) is 77.9 Å². The number of nitrogen functional groups attached to an aromatic ring is 1. The molecule has 0 spiro atoms. The molecular weight excluding hydrogens is 498 g/mol. The minimum absolute atomic E-state index is 0.754. The molecule has 41 heavy (non-hydrogen) atoms. The summed E-state index contributed by atoms with van der Waals surface area (Å²) < 4.78 is 0. The van der Waals surface area contributed by atoms with E-state index in [1.165, 1.54) is 22.3 Å². The second-order valence-electron chi connectivity index (χ2n) is 10.4. The molecule has 0 radical (unpaired) electrons. The van der Waals surface area contributed by atoms with Crippen molar-refractivity contribution in [3.63, 3.8) is 0 Å². The van der Waals surface area contributed by atoms with E-state index in [2.05, 4.69) is 163 Å². The van der Waals surface area contributed by atoms with Crippen molar-refractivity contribution in [2.24, 2.45) is 0 Å². The van der Waals surface area contributed by atoms with Crippen molar-refractivity contribution >= 4 is 39.8 Å². The van der Waals surface area contributed by atoms with Gasteiger partial charge in [-0.3, -0.25) is 0 Å². The van der Waals surface area contributed by atoms with Gasteiger partial charge in [-0.05, 0) is 110 Å². The van der Waals surface area contributed by atoms with Crippen LogP contribution < -0.4 is 15.5 Å². The number of hydrogen-bond acceptors (Lipinski definition) is 3. The van der Waals surface area contributed by atoms with Gasteiger partial charge in [0.2, 0.25) is 0 Å². The third-order valence-corrected chi connectivity index (χ3v) is 7.33. The van der Waals surface area contributed by atoms with Gasteiger partial charge in [0.05, 0.1) is 0 Å². The molecule has 6 rings (SSSR count). The highest BCUT2D eigenvalue weighted by Gasteiger charge is 2.14. The van der Waals surface area contributed by atoms with Crippen molar-refractivity contribution in [2.45, 2.75) is 13.8 Å². The van der Waals surface area contributed by atoms with Gasteiger partial charge in [0.15, 0.2) is 0 Å². The van der Waals surface area contributed by atoms with Crippen molar-refractivity contribution in [3.05, 3.63) is 163 Å². The molecule has 0 saturated carbocycles. The molecule has 2 N–H and O–H groups in total. The largest absolute Gasteiger partial charge is 0.399 e. The van der Waals surface area contributed by atoms with E-state index in [1.54, 1.807) is 0 Å². The second-order valence-corrected chi connectivity index (χ2v) is 10.4. The summed E-state index contributed by atoms with van der Waals surface area (Å²) in [7, 11) is 0. The minimum atomic E-state index is 0.754. The molecule has 0 saturated heterocycles. The first-order valence-electron chi connectivity index (χ1n) is 13.9. The molecule has 0 atom stereocenters. The average Bonchev–Trinajstić information content (AvgIpc) is 3.02. The molecule has 0 aliphatic carbocycles. The van der Waals surface area contributed by atoms with Crippen LogP contribution in [-0.2, 0) is 0 Å². The zero-order chi connectivity index (χ0) is 28.2. The second kappa shape index (κ2) is 11.4. The first kappa shape index (κ1) is 26.0. The summed E-state index contributed by atoms with van der Waals surface area (Å²) >= 11 is 0. The van der Waals surface area contributed by atoms with Gasteiger partial charge in [0.25, 0.3) is 0 Å². The number of rotatable bonds is 7. The molecule has 3 nitrogen and oxygen atoms in total. The van der Waals surface area contributed by atoms with Crippen LogP contribution in [0.3, 0.4) is 0 Å². The Morgan fingerprint density at radius 3 is 1.00 bits per heavy atom. The molecule has 0 unspecified atom stereocenters. The van der Waals surface area contributed by atoms with E-state index in [4.69, 9.17) is 5.73 Å². The number of nitrogens with zero attached hydrogens (tertiary/aromatic N) is 2. The molecule has 0 aliphatic rings. The predicted octanol–water partition coefficient (Wildman–Crippen LogP) is 10.5. The molecule has 6 aromatic carbocycles. The number of hydrogen-bond donors (Lipinski definition) is 1. The molecule has 0 aliphatic heterocycles. The number of benzene rings is 6. The monoisotopic (exact) mass is 531 g/mol. The lowest BCUT2D eigenvalue weighted by Crippen LogP contribution is -2.10. The normalized spacial score (nSPS) is 10.8. The molecule has 0 bridgehead atoms. The van der Waals surface area contributed by atoms with Crippen molar-refractivity contribution in [3.8, 4) is 11.1 Å². The van der Waals surface area contributed by atoms with Crippen LogP contribution in [0.25, 0.3) is 11.1 Å². The maximum Gasteiger partial charge on any atom is 0.0463 e. The van der Waals surface area contributed by atoms with Crippen LogP contribution in [0.2, 0.25) is 0 Å². The fourth-order valence-corrected chi connectivity index (χ4v) is 5.09. The van der Waals surface area contributed by atoms with Gasteiger partial charge in [-0.15, -0.1) is 0 Å². The smallest absolute Gasteiger partial charge is 0.0463 e. The zero-order valence-corrected chi connectivity index (χ0v) is 23.4. The zero-order valence-electron chi connectivity index (χ0n) is 23.4. The van der Waals surface area contributed by atoms with Crippen LogP contribution in [0.15, 0.2) is 152 Å². The third-order valence-electron chi connectivity index (χ3n) is 7.33. The standard InChI is InChI=1S/C38H33N3/c1-28-8-18-34(19-9-28)40(33-6-4-3-5-7-33)36-22-12-30(13-23-36)31-14-24-37(25-15-31)41(35-20-10-29(2)11-21-35)38-26-16-32(39)17-27-38/h3-27H,39H2,1-2H3. The lowest BCUT2D eigenvalue weighted by Gasteiger charge is -2.26. The van der Waals surface area contributed by atoms with E-state index < -0.39 is 0 Å². The van der Waals surface area contributed by atoms with Crippen LogP contribution in [0.5, 0.6) is 0 Å². The summed E-state index contributed by atoms with van der Waals surface area (Å²) in [5.41, 5.74) is 18.2. The highest BCUT2D eigenvalue weighted by molar-refractivity contribution is 5.81. The quantitative estimate of drug-likeness (QED) is 0.208. The van der Waals surface area contributed by atoms with Crippen LogP contribution in [-0.4, -0.2) is 0 Å². The van der Waals surface area contributed by atoms with E-state index in [0.717, 1.165) is 39.8 Å². The molecule has 200 valence electrons. The first-order chi connectivity index (χ1) is 20.0. The van der Waals surface area contributed by atoms with E-state index in [-0.39, 0.29) is 0 Å². The molecule has 3 heteroatoms. The molecule has 0 fully saturated rings. The van der Waals surface area contributed by atoms with Crippen LogP contribution in [0.4, 0.5) is 39.8 Å². The fourth-order valence-electron chi connectivity index (χ4n) is 5.09. The Kier molecular flexibility index (Phi) is 7.25. The number of para-hydroxylation sites is 1. The van der Waals surface area contributed by atoms with Crippen molar-refractivity contribution in [1.82, 2.24) is 0 Å². The maximum absolute atomic E-state index is 5.99. The van der Waals surface area contributed by atoms with Gasteiger partial charge < -0.3 is 15.5 Å². The lowest BCUT2D eigenvalue weighted by molar-refractivity contribution is 1.27. The highest BCUT2D eigenvalue weighted by Crippen LogP contribution is 2.38. The summed E-state index contributed by atoms with van der Waals surface area (Å²) in [5, 5.41) is 0. The Morgan fingerprint density at radius 2 is 0.634 bits per heavy atom. The summed E-state index contributed by atoms with van der Waals surface area (Å²) in [6.45, 7) is 4.23. The van der Waals surface area contributed by atoms with Gasteiger partial charge in [-0.2, -0.15) is 0 Å². The van der Waals surface area contributed by atoms with Gasteiger partial charge >= 0.3 is 0 Å². The number of aryl methyl sites for hydroxylation is 2. The number of nitrogens with two attached hydrogens (primary N) is 1. The van der Waals surface area contributed by atoms with Crippen LogP contribution >= 0.6 is 0 Å². The average molecular weight is 532 g/mol. The topological polar surface area (TPSA) is 32.5 Å². The third kappa shape index (κ3) is 5.70. The SMILES string of the molecule is Cc1ccc(N(c2ccccc2)c2ccc(-c3ccc(N(c4ccc(C)cc4)c4ccc(N)cc4)cc3)cc2)cc1. The summed E-state index contributed by atoms with van der Waals surface area (Å²) in [4.78, 5) is 4.55. The van der Waals surface area contributed by atoms with E-state index in [9.17, 15) is 0 Å². The molecule has 6 aromatic rings. The lowest BCUT2D eigenvalue weighted by atomic mass is 10.0. The Morgan fingerprint density at radius 1 is 0.341 bits per heavy atom. The molecule has 0 aromatic heterocycles. The van der Waals surface area contributed by atoms with E-state index >= 15 is 0 Å². The van der Waals surface area contributed by atoms with Gasteiger partial charge in [-0.25, -0.2) is 0 Å². The predicted molar refractivity (Wildman–Crippen MR) is 175 cm³/mol. The van der Waals surface area contributed by atoms with Crippen molar-refractivity contribution in [2.75, 3.05) is 15.5 Å². The van der Waals surface area contributed by atoms with Gasteiger partial charge in [0.1, 0.15) is 0 Å². The fraction of sp³-hybridized carbons (Fsp3) is 0.0526. The highest BCUT2D eigenvalue weighted by atomic mass is 15.1. The number of anilines is 7. The molecular formula is C38H33N3. The first-order valence-corrected chi connectivity index (χ1v) is 13.9. The minimum Gasteiger partial charge on any atom is -0.399 e. The molecule has 0 amide bonds. The Bertz CT molecular complexity index is 1660. The Balaban J connectivity index is 1.31. The van der Waals surface area contributed by atoms with Crippen LogP contribution in [0.1, 0.15) is 11.1 Å².